The van der Waals surface area contributed by atoms with Gasteiger partial charge in [0.2, 0.25) is 6.29 Å². The number of cyclic esters (lactones) is 1. The lowest BCUT2D eigenvalue weighted by molar-refractivity contribution is -0.198. The lowest BCUT2D eigenvalue weighted by Gasteiger charge is -2.40. The minimum absolute atomic E-state index is 0.0912. The van der Waals surface area contributed by atoms with Crippen molar-refractivity contribution in [2.75, 3.05) is 6.54 Å². The van der Waals surface area contributed by atoms with E-state index in [1.165, 1.54) is 18.4 Å². The summed E-state index contributed by atoms with van der Waals surface area (Å²) in [5, 5.41) is 0. The van der Waals surface area contributed by atoms with Crippen LogP contribution in [0.15, 0.2) is 42.0 Å². The minimum atomic E-state index is -0.487. The second-order valence-corrected chi connectivity index (χ2v) is 9.12. The predicted molar refractivity (Wildman–Crippen MR) is 109 cm³/mol. The molecule has 0 bridgehead atoms. The molecular formula is C24H33NO3. The van der Waals surface area contributed by atoms with E-state index in [-0.39, 0.29) is 18.1 Å². The maximum absolute atomic E-state index is 12.5. The summed E-state index contributed by atoms with van der Waals surface area (Å²) in [5.41, 5.74) is 2.05. The molecule has 1 aromatic rings. The van der Waals surface area contributed by atoms with E-state index in [1.54, 1.807) is 0 Å². The van der Waals surface area contributed by atoms with Gasteiger partial charge in [-0.2, -0.15) is 0 Å². The molecule has 3 aliphatic rings. The van der Waals surface area contributed by atoms with Crippen molar-refractivity contribution in [2.45, 2.75) is 71.4 Å². The standard InChI is InChI=1S/C24H33NO3/c1-16(2)19-12-11-17(3)14-21(19)27-24-22-20(23(26)28-24)10-7-13-25(22)15-18-8-5-4-6-9-18/h4-6,8-10,16-17,19,21-22,24H,7,11-15H2,1-3H3/t17-,19+,21-,22-,24-/m1/s1. The van der Waals surface area contributed by atoms with Crippen LogP contribution in [-0.4, -0.2) is 35.8 Å². The smallest absolute Gasteiger partial charge is 0.337 e. The molecule has 5 atom stereocenters. The highest BCUT2D eigenvalue weighted by Crippen LogP contribution is 2.39. The van der Waals surface area contributed by atoms with Crippen molar-refractivity contribution < 1.29 is 14.3 Å². The van der Waals surface area contributed by atoms with Gasteiger partial charge in [0.1, 0.15) is 6.04 Å². The predicted octanol–water partition coefficient (Wildman–Crippen LogP) is 4.55. The van der Waals surface area contributed by atoms with Crippen molar-refractivity contribution >= 4 is 5.97 Å². The Morgan fingerprint density at radius 1 is 1.21 bits per heavy atom. The number of rotatable bonds is 5. The Morgan fingerprint density at radius 3 is 2.75 bits per heavy atom. The molecule has 4 heteroatoms. The van der Waals surface area contributed by atoms with Crippen LogP contribution in [0, 0.1) is 17.8 Å². The van der Waals surface area contributed by atoms with Crippen molar-refractivity contribution in [2.24, 2.45) is 17.8 Å². The SMILES string of the molecule is CC(C)[C@@H]1CC[C@@H](C)C[C@H]1O[C@@H]1OC(=O)C2=CCCN(Cc3ccccc3)[C@H]21. The van der Waals surface area contributed by atoms with Crippen molar-refractivity contribution in [3.05, 3.63) is 47.5 Å². The first-order valence-electron chi connectivity index (χ1n) is 10.9. The van der Waals surface area contributed by atoms with Crippen LogP contribution in [0.5, 0.6) is 0 Å². The van der Waals surface area contributed by atoms with Crippen molar-refractivity contribution in [3.63, 3.8) is 0 Å². The molecule has 1 saturated carbocycles. The number of esters is 1. The lowest BCUT2D eigenvalue weighted by Crippen LogP contribution is -2.47. The van der Waals surface area contributed by atoms with E-state index in [0.717, 1.165) is 31.5 Å². The largest absolute Gasteiger partial charge is 0.430 e. The Bertz CT molecular complexity index is 714. The normalized spacial score (nSPS) is 33.5. The molecule has 0 amide bonds. The van der Waals surface area contributed by atoms with E-state index in [4.69, 9.17) is 9.47 Å². The third-order valence-corrected chi connectivity index (χ3v) is 6.71. The molecular weight excluding hydrogens is 350 g/mol. The van der Waals surface area contributed by atoms with E-state index in [0.29, 0.717) is 17.8 Å². The highest BCUT2D eigenvalue weighted by atomic mass is 16.7. The maximum atomic E-state index is 12.5. The lowest BCUT2D eigenvalue weighted by atomic mass is 9.75. The Labute approximate surface area is 168 Å². The van der Waals surface area contributed by atoms with E-state index in [2.05, 4.69) is 56.0 Å². The van der Waals surface area contributed by atoms with Gasteiger partial charge in [-0.3, -0.25) is 4.90 Å². The van der Waals surface area contributed by atoms with Crippen molar-refractivity contribution in [1.82, 2.24) is 4.90 Å². The van der Waals surface area contributed by atoms with Gasteiger partial charge in [-0.15, -0.1) is 0 Å². The number of hydrogen-bond acceptors (Lipinski definition) is 4. The third-order valence-electron chi connectivity index (χ3n) is 6.71. The highest BCUT2D eigenvalue weighted by molar-refractivity contribution is 5.92. The first kappa shape index (κ1) is 19.7. The van der Waals surface area contributed by atoms with Crippen LogP contribution in [0.4, 0.5) is 0 Å². The zero-order valence-corrected chi connectivity index (χ0v) is 17.3. The fourth-order valence-electron chi connectivity index (χ4n) is 5.14. The monoisotopic (exact) mass is 383 g/mol. The van der Waals surface area contributed by atoms with Crippen LogP contribution in [0.2, 0.25) is 0 Å². The quantitative estimate of drug-likeness (QED) is 0.700. The summed E-state index contributed by atoms with van der Waals surface area (Å²) in [6, 6.07) is 10.4. The van der Waals surface area contributed by atoms with Crippen LogP contribution >= 0.6 is 0 Å². The molecule has 0 spiro atoms. The molecule has 0 radical (unpaired) electrons. The first-order chi connectivity index (χ1) is 13.5. The summed E-state index contributed by atoms with van der Waals surface area (Å²) in [6.07, 6.45) is 6.14. The molecule has 2 aliphatic heterocycles. The Balaban J connectivity index is 1.53. The number of carbonyl (C=O) groups is 1. The molecule has 2 fully saturated rings. The number of benzene rings is 1. The molecule has 0 unspecified atom stereocenters. The fourth-order valence-corrected chi connectivity index (χ4v) is 5.14. The zero-order valence-electron chi connectivity index (χ0n) is 17.3. The summed E-state index contributed by atoms with van der Waals surface area (Å²) in [6.45, 7) is 8.61. The third kappa shape index (κ3) is 4.04. The molecule has 152 valence electrons. The van der Waals surface area contributed by atoms with Crippen LogP contribution < -0.4 is 0 Å². The van der Waals surface area contributed by atoms with Gasteiger partial charge in [0.15, 0.2) is 0 Å². The molecule has 1 aliphatic carbocycles. The average molecular weight is 384 g/mol. The van der Waals surface area contributed by atoms with E-state index >= 15 is 0 Å². The summed E-state index contributed by atoms with van der Waals surface area (Å²) in [5.74, 6) is 1.59. The van der Waals surface area contributed by atoms with Gasteiger partial charge >= 0.3 is 5.97 Å². The number of nitrogens with zero attached hydrogens (tertiary/aromatic N) is 1. The molecule has 0 N–H and O–H groups in total. The van der Waals surface area contributed by atoms with Crippen LogP contribution in [0.25, 0.3) is 0 Å². The van der Waals surface area contributed by atoms with Crippen molar-refractivity contribution in [1.29, 1.82) is 0 Å². The average Bonchev–Trinajstić information content (AvgIpc) is 2.99. The summed E-state index contributed by atoms with van der Waals surface area (Å²) >= 11 is 0. The molecule has 2 heterocycles. The van der Waals surface area contributed by atoms with Gasteiger partial charge in [-0.05, 0) is 42.6 Å². The Morgan fingerprint density at radius 2 is 2.00 bits per heavy atom. The summed E-state index contributed by atoms with van der Waals surface area (Å²) in [7, 11) is 0. The van der Waals surface area contributed by atoms with Crippen LogP contribution in [0.1, 0.15) is 52.0 Å². The van der Waals surface area contributed by atoms with Gasteiger partial charge < -0.3 is 9.47 Å². The van der Waals surface area contributed by atoms with Crippen LogP contribution in [-0.2, 0) is 20.8 Å². The van der Waals surface area contributed by atoms with Gasteiger partial charge in [0.05, 0.1) is 11.7 Å². The maximum Gasteiger partial charge on any atom is 0.337 e. The zero-order chi connectivity index (χ0) is 19.7. The van der Waals surface area contributed by atoms with E-state index in [9.17, 15) is 4.79 Å². The van der Waals surface area contributed by atoms with Crippen LogP contribution in [0.3, 0.4) is 0 Å². The summed E-state index contributed by atoms with van der Waals surface area (Å²) in [4.78, 5) is 14.9. The second-order valence-electron chi connectivity index (χ2n) is 9.12. The molecule has 0 aromatic heterocycles. The summed E-state index contributed by atoms with van der Waals surface area (Å²) < 4.78 is 12.4. The van der Waals surface area contributed by atoms with Gasteiger partial charge in [-0.25, -0.2) is 4.79 Å². The minimum Gasteiger partial charge on any atom is -0.430 e. The Kier molecular flexibility index (Phi) is 5.88. The fraction of sp³-hybridized carbons (Fsp3) is 0.625. The second kappa shape index (κ2) is 8.38. The van der Waals surface area contributed by atoms with Gasteiger partial charge in [0.25, 0.3) is 0 Å². The number of hydrogen-bond donors (Lipinski definition) is 0. The molecule has 1 aromatic carbocycles. The molecule has 4 rings (SSSR count). The Hall–Kier alpha value is -1.65. The van der Waals surface area contributed by atoms with Gasteiger partial charge in [-0.1, -0.05) is 63.6 Å². The topological polar surface area (TPSA) is 38.8 Å². The van der Waals surface area contributed by atoms with Crippen molar-refractivity contribution in [3.8, 4) is 0 Å². The number of ether oxygens (including phenoxy) is 2. The molecule has 1 saturated heterocycles. The molecule has 4 nitrogen and oxygen atoms in total. The van der Waals surface area contributed by atoms with E-state index in [1.807, 2.05) is 6.07 Å². The highest BCUT2D eigenvalue weighted by Gasteiger charge is 2.47. The van der Waals surface area contributed by atoms with E-state index < -0.39 is 6.29 Å². The number of carbonyl (C=O) groups excluding carboxylic acids is 1. The number of fused-ring (bicyclic) bond motifs is 1. The molecule has 28 heavy (non-hydrogen) atoms. The first-order valence-corrected chi connectivity index (χ1v) is 10.9. The van der Waals surface area contributed by atoms with Gasteiger partial charge in [0, 0.05) is 13.1 Å².